The van der Waals surface area contributed by atoms with Crippen molar-refractivity contribution in [3.63, 3.8) is 0 Å². The Morgan fingerprint density at radius 1 is 1.25 bits per heavy atom. The van der Waals surface area contributed by atoms with E-state index in [2.05, 4.69) is 0 Å². The smallest absolute Gasteiger partial charge is 0.411 e. The standard InChI is InChI=1S/C12H19F3N2O3/c1-10(2,3)17(7-4-8(18)19)9(20)16-11(5-6-11)12(13,14)15/h4-7H2,1-3H3,(H,16,20)(H,18,19). The van der Waals surface area contributed by atoms with E-state index in [9.17, 15) is 22.8 Å². The fourth-order valence-corrected chi connectivity index (χ4v) is 1.83. The van der Waals surface area contributed by atoms with E-state index in [1.807, 2.05) is 5.32 Å². The molecule has 20 heavy (non-hydrogen) atoms. The molecule has 8 heteroatoms. The summed E-state index contributed by atoms with van der Waals surface area (Å²) in [4.78, 5) is 23.7. The maximum Gasteiger partial charge on any atom is 0.411 e. The molecular weight excluding hydrogens is 277 g/mol. The molecule has 0 aromatic rings. The number of alkyl halides is 3. The Kier molecular flexibility index (Phi) is 4.26. The van der Waals surface area contributed by atoms with Gasteiger partial charge >= 0.3 is 18.2 Å². The van der Waals surface area contributed by atoms with Crippen LogP contribution in [0.3, 0.4) is 0 Å². The van der Waals surface area contributed by atoms with Gasteiger partial charge in [-0.2, -0.15) is 13.2 Å². The number of carboxylic acid groups (broad SMARTS) is 1. The average Bonchev–Trinajstić information content (AvgIpc) is 2.94. The Morgan fingerprint density at radius 2 is 1.75 bits per heavy atom. The van der Waals surface area contributed by atoms with Crippen LogP contribution in [0.1, 0.15) is 40.0 Å². The van der Waals surface area contributed by atoms with Gasteiger partial charge in [0.2, 0.25) is 0 Å². The van der Waals surface area contributed by atoms with Gasteiger partial charge < -0.3 is 15.3 Å². The number of nitrogens with zero attached hydrogens (tertiary/aromatic N) is 1. The van der Waals surface area contributed by atoms with Crippen molar-refractivity contribution < 1.29 is 27.9 Å². The number of urea groups is 1. The van der Waals surface area contributed by atoms with Gasteiger partial charge in [0.05, 0.1) is 6.42 Å². The highest BCUT2D eigenvalue weighted by Crippen LogP contribution is 2.49. The van der Waals surface area contributed by atoms with E-state index in [1.54, 1.807) is 20.8 Å². The fraction of sp³-hybridized carbons (Fsp3) is 0.833. The molecular formula is C12H19F3N2O3. The maximum absolute atomic E-state index is 12.8. The Balaban J connectivity index is 2.77. The topological polar surface area (TPSA) is 69.6 Å². The first-order chi connectivity index (χ1) is 8.89. The van der Waals surface area contributed by atoms with Crippen molar-refractivity contribution in [3.05, 3.63) is 0 Å². The summed E-state index contributed by atoms with van der Waals surface area (Å²) in [7, 11) is 0. The highest BCUT2D eigenvalue weighted by molar-refractivity contribution is 5.77. The van der Waals surface area contributed by atoms with Crippen molar-refractivity contribution in [1.29, 1.82) is 0 Å². The predicted octanol–water partition coefficient (Wildman–Crippen LogP) is 2.37. The minimum Gasteiger partial charge on any atom is -0.481 e. The van der Waals surface area contributed by atoms with Crippen LogP contribution in [0.2, 0.25) is 0 Å². The summed E-state index contributed by atoms with van der Waals surface area (Å²) in [6, 6.07) is -0.881. The molecule has 0 heterocycles. The second kappa shape index (κ2) is 5.14. The molecule has 2 amide bonds. The van der Waals surface area contributed by atoms with E-state index < -0.39 is 29.3 Å². The maximum atomic E-state index is 12.8. The lowest BCUT2D eigenvalue weighted by Gasteiger charge is -2.37. The second-order valence-electron chi connectivity index (χ2n) is 5.98. The minimum atomic E-state index is -4.49. The lowest BCUT2D eigenvalue weighted by Crippen LogP contribution is -2.57. The van der Waals surface area contributed by atoms with Crippen molar-refractivity contribution >= 4 is 12.0 Å². The summed E-state index contributed by atoms with van der Waals surface area (Å²) in [5.41, 5.74) is -2.90. The van der Waals surface area contributed by atoms with Gasteiger partial charge in [0.1, 0.15) is 5.54 Å². The van der Waals surface area contributed by atoms with Crippen LogP contribution in [0.5, 0.6) is 0 Å². The summed E-state index contributed by atoms with van der Waals surface area (Å²) in [5, 5.41) is 10.7. The molecule has 0 atom stereocenters. The van der Waals surface area contributed by atoms with Crippen molar-refractivity contribution in [1.82, 2.24) is 10.2 Å². The first kappa shape index (κ1) is 16.6. The first-order valence-corrected chi connectivity index (χ1v) is 6.27. The zero-order chi connectivity index (χ0) is 15.8. The fourth-order valence-electron chi connectivity index (χ4n) is 1.83. The van der Waals surface area contributed by atoms with Crippen molar-refractivity contribution in [2.45, 2.75) is 57.3 Å². The van der Waals surface area contributed by atoms with E-state index in [4.69, 9.17) is 5.11 Å². The van der Waals surface area contributed by atoms with Crippen molar-refractivity contribution in [2.24, 2.45) is 0 Å². The molecule has 1 rings (SSSR count). The Hall–Kier alpha value is -1.47. The number of rotatable bonds is 4. The number of amides is 2. The molecule has 0 bridgehead atoms. The molecule has 0 spiro atoms. The number of hydrogen-bond acceptors (Lipinski definition) is 2. The monoisotopic (exact) mass is 296 g/mol. The third-order valence-corrected chi connectivity index (χ3v) is 3.24. The van der Waals surface area contributed by atoms with Crippen molar-refractivity contribution in [3.8, 4) is 0 Å². The quantitative estimate of drug-likeness (QED) is 0.836. The second-order valence-corrected chi connectivity index (χ2v) is 5.98. The molecule has 1 aliphatic rings. The number of aliphatic carboxylic acids is 1. The number of carboxylic acids is 1. The average molecular weight is 296 g/mol. The highest BCUT2D eigenvalue weighted by atomic mass is 19.4. The third kappa shape index (κ3) is 3.77. The molecule has 1 saturated carbocycles. The SMILES string of the molecule is CC(C)(C)N(CCC(=O)O)C(=O)NC1(C(F)(F)F)CC1. The van der Waals surface area contributed by atoms with E-state index in [1.165, 1.54) is 0 Å². The van der Waals surface area contributed by atoms with Gasteiger partial charge in [0.25, 0.3) is 0 Å². The molecule has 0 aromatic carbocycles. The number of carbonyl (C=O) groups excluding carboxylic acids is 1. The van der Waals surface area contributed by atoms with Gasteiger partial charge in [0.15, 0.2) is 0 Å². The molecule has 116 valence electrons. The van der Waals surface area contributed by atoms with Gasteiger partial charge in [0, 0.05) is 12.1 Å². The summed E-state index contributed by atoms with van der Waals surface area (Å²) < 4.78 is 38.4. The predicted molar refractivity (Wildman–Crippen MR) is 65.3 cm³/mol. The Morgan fingerprint density at radius 3 is 2.05 bits per heavy atom. The first-order valence-electron chi connectivity index (χ1n) is 6.27. The van der Waals surface area contributed by atoms with Gasteiger partial charge in [-0.25, -0.2) is 4.79 Å². The minimum absolute atomic E-state index is 0.140. The normalized spacial score (nSPS) is 17.5. The van der Waals surface area contributed by atoms with E-state index >= 15 is 0 Å². The number of nitrogens with one attached hydrogen (secondary N) is 1. The summed E-state index contributed by atoms with van der Waals surface area (Å²) in [6.07, 6.45) is -5.08. The van der Waals surface area contributed by atoms with Gasteiger partial charge in [-0.3, -0.25) is 4.79 Å². The van der Waals surface area contributed by atoms with Crippen LogP contribution >= 0.6 is 0 Å². The molecule has 2 N–H and O–H groups in total. The molecule has 0 radical (unpaired) electrons. The lowest BCUT2D eigenvalue weighted by atomic mass is 10.1. The number of hydrogen-bond donors (Lipinski definition) is 2. The van der Waals surface area contributed by atoms with Gasteiger partial charge in [-0.05, 0) is 33.6 Å². The molecule has 1 aliphatic carbocycles. The highest BCUT2D eigenvalue weighted by Gasteiger charge is 2.64. The summed E-state index contributed by atoms with van der Waals surface area (Å²) in [5.74, 6) is -1.11. The zero-order valence-electron chi connectivity index (χ0n) is 11.7. The van der Waals surface area contributed by atoms with Crippen LogP contribution < -0.4 is 5.32 Å². The van der Waals surface area contributed by atoms with Crippen LogP contribution in [0, 0.1) is 0 Å². The molecule has 0 unspecified atom stereocenters. The molecule has 0 saturated heterocycles. The molecule has 1 fully saturated rings. The van der Waals surface area contributed by atoms with Gasteiger partial charge in [-0.15, -0.1) is 0 Å². The number of carbonyl (C=O) groups is 2. The van der Waals surface area contributed by atoms with Crippen LogP contribution in [-0.4, -0.2) is 45.8 Å². The largest absolute Gasteiger partial charge is 0.481 e. The zero-order valence-corrected chi connectivity index (χ0v) is 11.7. The summed E-state index contributed by atoms with van der Waals surface area (Å²) >= 11 is 0. The third-order valence-electron chi connectivity index (χ3n) is 3.24. The number of halogens is 3. The van der Waals surface area contributed by atoms with Crippen molar-refractivity contribution in [2.75, 3.05) is 6.54 Å². The molecule has 5 nitrogen and oxygen atoms in total. The van der Waals surface area contributed by atoms with Gasteiger partial charge in [-0.1, -0.05) is 0 Å². The Bertz CT molecular complexity index is 398. The van der Waals surface area contributed by atoms with Crippen LogP contribution in [0.4, 0.5) is 18.0 Å². The molecule has 0 aromatic heterocycles. The molecule has 0 aliphatic heterocycles. The lowest BCUT2D eigenvalue weighted by molar-refractivity contribution is -0.163. The Labute approximate surface area is 115 Å². The van der Waals surface area contributed by atoms with E-state index in [0.29, 0.717) is 0 Å². The van der Waals surface area contributed by atoms with Crippen LogP contribution in [-0.2, 0) is 4.79 Å². The summed E-state index contributed by atoms with van der Waals surface area (Å²) in [6.45, 7) is 4.78. The van der Waals surface area contributed by atoms with E-state index in [0.717, 1.165) is 4.90 Å². The van der Waals surface area contributed by atoms with Crippen LogP contribution in [0.25, 0.3) is 0 Å². The van der Waals surface area contributed by atoms with Crippen LogP contribution in [0.15, 0.2) is 0 Å². The van der Waals surface area contributed by atoms with E-state index in [-0.39, 0.29) is 25.8 Å².